The maximum atomic E-state index is 12.9. The van der Waals surface area contributed by atoms with Crippen LogP contribution >= 0.6 is 11.3 Å². The Labute approximate surface area is 181 Å². The van der Waals surface area contributed by atoms with Gasteiger partial charge in [0.2, 0.25) is 5.91 Å². The Kier molecular flexibility index (Phi) is 6.60. The molecule has 2 aromatic carbocycles. The molecule has 0 spiro atoms. The minimum atomic E-state index is -0.00200. The first kappa shape index (κ1) is 20.4. The molecule has 0 atom stereocenters. The smallest absolute Gasteiger partial charge is 0.253 e. The Morgan fingerprint density at radius 1 is 0.900 bits per heavy atom. The van der Waals surface area contributed by atoms with Crippen molar-refractivity contribution in [2.24, 2.45) is 5.92 Å². The summed E-state index contributed by atoms with van der Waals surface area (Å²) in [6.45, 7) is 1.93. The summed E-state index contributed by atoms with van der Waals surface area (Å²) < 4.78 is 0. The molecule has 4 rings (SSSR count). The first-order valence-electron chi connectivity index (χ1n) is 10.5. The number of carbonyl (C=O) groups is 2. The first-order chi connectivity index (χ1) is 14.7. The predicted octanol–water partition coefficient (Wildman–Crippen LogP) is 4.63. The Morgan fingerprint density at radius 3 is 2.27 bits per heavy atom. The van der Waals surface area contributed by atoms with Crippen molar-refractivity contribution in [1.29, 1.82) is 0 Å². The van der Waals surface area contributed by atoms with E-state index in [2.05, 4.69) is 28.9 Å². The maximum absolute atomic E-state index is 12.9. The van der Waals surface area contributed by atoms with Crippen LogP contribution < -0.4 is 5.32 Å². The average molecular weight is 419 g/mol. The largest absolute Gasteiger partial charge is 0.355 e. The molecule has 4 nitrogen and oxygen atoms in total. The molecule has 154 valence electrons. The van der Waals surface area contributed by atoms with Crippen molar-refractivity contribution < 1.29 is 9.59 Å². The number of carbonyl (C=O) groups excluding carboxylic acids is 2. The lowest BCUT2D eigenvalue weighted by Gasteiger charge is -2.31. The number of hydrogen-bond acceptors (Lipinski definition) is 3. The van der Waals surface area contributed by atoms with Gasteiger partial charge in [-0.2, -0.15) is 0 Å². The van der Waals surface area contributed by atoms with E-state index in [-0.39, 0.29) is 17.7 Å². The summed E-state index contributed by atoms with van der Waals surface area (Å²) in [7, 11) is 0. The highest BCUT2D eigenvalue weighted by Gasteiger charge is 2.27. The van der Waals surface area contributed by atoms with Gasteiger partial charge in [0.05, 0.1) is 0 Å². The normalized spacial score (nSPS) is 14.5. The SMILES string of the molecule is O=C(NCCc1cccs1)C1CCN(C(=O)c2ccc(-c3ccccc3)cc2)CC1. The fourth-order valence-electron chi connectivity index (χ4n) is 3.87. The minimum Gasteiger partial charge on any atom is -0.355 e. The monoisotopic (exact) mass is 418 g/mol. The molecule has 1 aliphatic rings. The highest BCUT2D eigenvalue weighted by Crippen LogP contribution is 2.22. The van der Waals surface area contributed by atoms with E-state index < -0.39 is 0 Å². The summed E-state index contributed by atoms with van der Waals surface area (Å²) in [6, 6.07) is 22.1. The van der Waals surface area contributed by atoms with Crippen LogP contribution in [-0.4, -0.2) is 36.3 Å². The van der Waals surface area contributed by atoms with E-state index >= 15 is 0 Å². The lowest BCUT2D eigenvalue weighted by molar-refractivity contribution is -0.126. The van der Waals surface area contributed by atoms with Crippen molar-refractivity contribution in [3.63, 3.8) is 0 Å². The van der Waals surface area contributed by atoms with Crippen molar-refractivity contribution in [3.8, 4) is 11.1 Å². The number of thiophene rings is 1. The molecule has 0 radical (unpaired) electrons. The Morgan fingerprint density at radius 2 is 1.60 bits per heavy atom. The van der Waals surface area contributed by atoms with Crippen LogP contribution in [0.25, 0.3) is 11.1 Å². The Bertz CT molecular complexity index is 960. The van der Waals surface area contributed by atoms with E-state index in [4.69, 9.17) is 0 Å². The zero-order chi connectivity index (χ0) is 20.8. The molecule has 1 fully saturated rings. The number of benzene rings is 2. The van der Waals surface area contributed by atoms with Crippen molar-refractivity contribution in [3.05, 3.63) is 82.6 Å². The maximum Gasteiger partial charge on any atom is 0.253 e. The van der Waals surface area contributed by atoms with E-state index in [0.717, 1.165) is 30.4 Å². The van der Waals surface area contributed by atoms with Crippen LogP contribution in [0.5, 0.6) is 0 Å². The lowest BCUT2D eigenvalue weighted by atomic mass is 9.95. The van der Waals surface area contributed by atoms with E-state index in [1.54, 1.807) is 11.3 Å². The van der Waals surface area contributed by atoms with Crippen LogP contribution in [0.1, 0.15) is 28.1 Å². The van der Waals surface area contributed by atoms with Crippen LogP contribution in [0.2, 0.25) is 0 Å². The van der Waals surface area contributed by atoms with Gasteiger partial charge < -0.3 is 10.2 Å². The van der Waals surface area contributed by atoms with E-state index in [1.807, 2.05) is 53.4 Å². The second kappa shape index (κ2) is 9.72. The second-order valence-electron chi connectivity index (χ2n) is 7.63. The van der Waals surface area contributed by atoms with Gasteiger partial charge in [-0.05, 0) is 54.0 Å². The molecule has 2 amide bonds. The van der Waals surface area contributed by atoms with Gasteiger partial charge in [-0.3, -0.25) is 9.59 Å². The zero-order valence-corrected chi connectivity index (χ0v) is 17.7. The molecule has 0 unspecified atom stereocenters. The number of rotatable bonds is 6. The standard InChI is InChI=1S/C25H26N2O2S/c28-24(26-15-12-23-7-4-18-30-23)21-13-16-27(17-14-21)25(29)22-10-8-20(9-11-22)19-5-2-1-3-6-19/h1-11,18,21H,12-17H2,(H,26,28). The fourth-order valence-corrected chi connectivity index (χ4v) is 4.58. The third-order valence-corrected chi connectivity index (χ3v) is 6.58. The number of hydrogen-bond donors (Lipinski definition) is 1. The van der Waals surface area contributed by atoms with Crippen LogP contribution in [0.4, 0.5) is 0 Å². The molecule has 0 saturated carbocycles. The van der Waals surface area contributed by atoms with Gasteiger partial charge in [-0.25, -0.2) is 0 Å². The van der Waals surface area contributed by atoms with Gasteiger partial charge in [0, 0.05) is 36.0 Å². The van der Waals surface area contributed by atoms with Gasteiger partial charge in [0.15, 0.2) is 0 Å². The topological polar surface area (TPSA) is 49.4 Å². The molecule has 0 aliphatic carbocycles. The summed E-state index contributed by atoms with van der Waals surface area (Å²) >= 11 is 1.72. The molecular formula is C25H26N2O2S. The van der Waals surface area contributed by atoms with Crippen molar-refractivity contribution in [1.82, 2.24) is 10.2 Å². The van der Waals surface area contributed by atoms with Gasteiger partial charge in [0.25, 0.3) is 5.91 Å². The highest BCUT2D eigenvalue weighted by molar-refractivity contribution is 7.09. The van der Waals surface area contributed by atoms with Crippen LogP contribution in [0, 0.1) is 5.92 Å². The van der Waals surface area contributed by atoms with Crippen LogP contribution in [0.3, 0.4) is 0 Å². The van der Waals surface area contributed by atoms with Gasteiger partial charge in [-0.1, -0.05) is 48.5 Å². The average Bonchev–Trinajstić information content (AvgIpc) is 3.33. The number of piperidine rings is 1. The van der Waals surface area contributed by atoms with Gasteiger partial charge >= 0.3 is 0 Å². The van der Waals surface area contributed by atoms with E-state index in [1.165, 1.54) is 4.88 Å². The van der Waals surface area contributed by atoms with Crippen molar-refractivity contribution in [2.75, 3.05) is 19.6 Å². The number of nitrogens with one attached hydrogen (secondary N) is 1. The van der Waals surface area contributed by atoms with Gasteiger partial charge in [0.1, 0.15) is 0 Å². The molecule has 1 aromatic heterocycles. The fraction of sp³-hybridized carbons (Fsp3) is 0.280. The second-order valence-corrected chi connectivity index (χ2v) is 8.66. The first-order valence-corrected chi connectivity index (χ1v) is 11.3. The third-order valence-electron chi connectivity index (χ3n) is 5.64. The number of nitrogens with zero attached hydrogens (tertiary/aromatic N) is 1. The molecule has 1 N–H and O–H groups in total. The zero-order valence-electron chi connectivity index (χ0n) is 16.9. The number of likely N-dealkylation sites (tertiary alicyclic amines) is 1. The molecule has 1 aliphatic heterocycles. The molecule has 0 bridgehead atoms. The summed E-state index contributed by atoms with van der Waals surface area (Å²) in [4.78, 5) is 28.4. The molecule has 1 saturated heterocycles. The molecule has 2 heterocycles. The predicted molar refractivity (Wildman–Crippen MR) is 122 cm³/mol. The lowest BCUT2D eigenvalue weighted by Crippen LogP contribution is -2.43. The molecule has 3 aromatic rings. The third kappa shape index (κ3) is 4.97. The Hall–Kier alpha value is -2.92. The van der Waals surface area contributed by atoms with Crippen molar-refractivity contribution in [2.45, 2.75) is 19.3 Å². The summed E-state index contributed by atoms with van der Waals surface area (Å²) in [5.74, 6) is 0.162. The van der Waals surface area contributed by atoms with Crippen molar-refractivity contribution >= 4 is 23.2 Å². The van der Waals surface area contributed by atoms with Gasteiger partial charge in [-0.15, -0.1) is 11.3 Å². The van der Waals surface area contributed by atoms with Crippen LogP contribution in [-0.2, 0) is 11.2 Å². The van der Waals surface area contributed by atoms with Crippen LogP contribution in [0.15, 0.2) is 72.1 Å². The number of amides is 2. The van der Waals surface area contributed by atoms with E-state index in [0.29, 0.717) is 25.2 Å². The summed E-state index contributed by atoms with van der Waals surface area (Å²) in [5, 5.41) is 5.11. The summed E-state index contributed by atoms with van der Waals surface area (Å²) in [5.41, 5.74) is 2.95. The Balaban J connectivity index is 1.26. The molecule has 5 heteroatoms. The summed E-state index contributed by atoms with van der Waals surface area (Å²) in [6.07, 6.45) is 2.32. The molecular weight excluding hydrogens is 392 g/mol. The molecule has 30 heavy (non-hydrogen) atoms. The highest BCUT2D eigenvalue weighted by atomic mass is 32.1. The quantitative estimate of drug-likeness (QED) is 0.635. The minimum absolute atomic E-state index is 0.00200. The van der Waals surface area contributed by atoms with E-state index in [9.17, 15) is 9.59 Å².